The third kappa shape index (κ3) is 3.96. The quantitative estimate of drug-likeness (QED) is 0.808. The van der Waals surface area contributed by atoms with Crippen LogP contribution >= 0.6 is 0 Å². The topological polar surface area (TPSA) is 36.4 Å². The molecular formula is C18H23N3. The number of hydrogen-bond donors (Lipinski definition) is 2. The van der Waals surface area contributed by atoms with Gasteiger partial charge in [0, 0.05) is 30.2 Å². The Bertz CT molecular complexity index is 585. The summed E-state index contributed by atoms with van der Waals surface area (Å²) in [6.45, 7) is 13.8. The molecule has 0 atom stereocenters. The predicted octanol–water partition coefficient (Wildman–Crippen LogP) is 4.35. The molecule has 110 valence electrons. The Kier molecular flexibility index (Phi) is 6.21. The molecular weight excluding hydrogens is 258 g/mol. The van der Waals surface area contributed by atoms with Crippen molar-refractivity contribution in [3.05, 3.63) is 73.0 Å². The average molecular weight is 281 g/mol. The molecule has 2 N–H and O–H groups in total. The highest BCUT2D eigenvalue weighted by Crippen LogP contribution is 2.24. The van der Waals surface area contributed by atoms with Crippen molar-refractivity contribution < 1.29 is 0 Å². The minimum absolute atomic E-state index is 0.864. The standard InChI is InChI=1S/C16H19N3.C2H4/c1-5-18-16-14(11(2)3)10-15(19-16)12-6-8-13(17-4)9-7-12;1-2/h5-10,17H,1H2,2-4H3,(H,18,19);1-2H2. The smallest absolute Gasteiger partial charge is 0.137 e. The van der Waals surface area contributed by atoms with Gasteiger partial charge in [0.2, 0.25) is 0 Å². The minimum atomic E-state index is 0.864. The molecule has 1 aliphatic heterocycles. The average Bonchev–Trinajstić information content (AvgIpc) is 2.94. The van der Waals surface area contributed by atoms with Crippen LogP contribution in [0.4, 0.5) is 5.69 Å². The molecule has 1 aromatic rings. The third-order valence-corrected chi connectivity index (χ3v) is 3.04. The summed E-state index contributed by atoms with van der Waals surface area (Å²) in [5.74, 6) is 0.864. The maximum Gasteiger partial charge on any atom is 0.137 e. The Balaban J connectivity index is 0.00000106. The first kappa shape index (κ1) is 16.5. The van der Waals surface area contributed by atoms with E-state index in [1.165, 1.54) is 5.57 Å². The molecule has 21 heavy (non-hydrogen) atoms. The summed E-state index contributed by atoms with van der Waals surface area (Å²) in [6.07, 6.45) is 3.69. The number of anilines is 1. The number of nitrogens with zero attached hydrogens (tertiary/aromatic N) is 1. The van der Waals surface area contributed by atoms with Crippen molar-refractivity contribution >= 4 is 17.2 Å². The fourth-order valence-corrected chi connectivity index (χ4v) is 1.99. The van der Waals surface area contributed by atoms with Gasteiger partial charge in [-0.1, -0.05) is 24.3 Å². The fourth-order valence-electron chi connectivity index (χ4n) is 1.99. The maximum atomic E-state index is 4.28. The molecule has 0 saturated carbocycles. The zero-order valence-electron chi connectivity index (χ0n) is 13.0. The lowest BCUT2D eigenvalue weighted by molar-refractivity contribution is 1.29. The van der Waals surface area contributed by atoms with Crippen LogP contribution in [0, 0.1) is 0 Å². The van der Waals surface area contributed by atoms with Crippen LogP contribution in [-0.4, -0.2) is 12.9 Å². The van der Waals surface area contributed by atoms with Gasteiger partial charge in [0.05, 0.1) is 0 Å². The molecule has 1 heterocycles. The van der Waals surface area contributed by atoms with Crippen molar-refractivity contribution in [1.82, 2.24) is 5.32 Å². The van der Waals surface area contributed by atoms with Crippen LogP contribution in [0.3, 0.4) is 0 Å². The SMILES string of the molecule is C=C.C=CN=C1NC(c2ccc(NC)cc2)=CC1=C(C)C. The van der Waals surface area contributed by atoms with Gasteiger partial charge in [0.15, 0.2) is 0 Å². The van der Waals surface area contributed by atoms with Crippen LogP contribution in [0.15, 0.2) is 72.4 Å². The van der Waals surface area contributed by atoms with E-state index in [-0.39, 0.29) is 0 Å². The van der Waals surface area contributed by atoms with Gasteiger partial charge in [-0.05, 0) is 37.6 Å². The number of rotatable bonds is 3. The van der Waals surface area contributed by atoms with Crippen LogP contribution in [0.1, 0.15) is 19.4 Å². The third-order valence-electron chi connectivity index (χ3n) is 3.04. The van der Waals surface area contributed by atoms with Gasteiger partial charge in [0.25, 0.3) is 0 Å². The van der Waals surface area contributed by atoms with Crippen LogP contribution in [-0.2, 0) is 0 Å². The van der Waals surface area contributed by atoms with E-state index in [4.69, 9.17) is 0 Å². The van der Waals surface area contributed by atoms with E-state index in [2.05, 4.69) is 79.6 Å². The predicted molar refractivity (Wildman–Crippen MR) is 94.4 cm³/mol. The summed E-state index contributed by atoms with van der Waals surface area (Å²) in [5.41, 5.74) is 5.68. The summed E-state index contributed by atoms with van der Waals surface area (Å²) >= 11 is 0. The second-order valence-electron chi connectivity index (χ2n) is 4.58. The molecule has 0 amide bonds. The second-order valence-corrected chi connectivity index (χ2v) is 4.58. The van der Waals surface area contributed by atoms with Gasteiger partial charge in [-0.25, -0.2) is 4.99 Å². The van der Waals surface area contributed by atoms with Crippen LogP contribution in [0.5, 0.6) is 0 Å². The van der Waals surface area contributed by atoms with Gasteiger partial charge in [-0.15, -0.1) is 13.2 Å². The number of nitrogens with one attached hydrogen (secondary N) is 2. The van der Waals surface area contributed by atoms with Crippen molar-refractivity contribution in [2.45, 2.75) is 13.8 Å². The lowest BCUT2D eigenvalue weighted by Crippen LogP contribution is -2.16. The molecule has 1 aliphatic rings. The normalized spacial score (nSPS) is 14.7. The van der Waals surface area contributed by atoms with E-state index < -0.39 is 0 Å². The Labute approximate surface area is 127 Å². The number of amidine groups is 1. The Hall–Kier alpha value is -2.55. The zero-order chi connectivity index (χ0) is 15.8. The fraction of sp³-hybridized carbons (Fsp3) is 0.167. The molecule has 0 bridgehead atoms. The van der Waals surface area contributed by atoms with Gasteiger partial charge >= 0.3 is 0 Å². The molecule has 1 aromatic carbocycles. The molecule has 3 heteroatoms. The van der Waals surface area contributed by atoms with E-state index in [1.54, 1.807) is 6.20 Å². The first-order valence-electron chi connectivity index (χ1n) is 6.79. The number of benzene rings is 1. The van der Waals surface area contributed by atoms with Crippen molar-refractivity contribution in [3.63, 3.8) is 0 Å². The summed E-state index contributed by atoms with van der Waals surface area (Å²) in [4.78, 5) is 4.28. The first-order chi connectivity index (χ1) is 10.2. The largest absolute Gasteiger partial charge is 0.388 e. The van der Waals surface area contributed by atoms with Crippen molar-refractivity contribution in [2.24, 2.45) is 4.99 Å². The number of hydrogen-bond acceptors (Lipinski definition) is 2. The molecule has 0 radical (unpaired) electrons. The number of aliphatic imine (C=N–C) groups is 1. The van der Waals surface area contributed by atoms with Gasteiger partial charge < -0.3 is 10.6 Å². The van der Waals surface area contributed by atoms with E-state index >= 15 is 0 Å². The highest BCUT2D eigenvalue weighted by atomic mass is 15.0. The molecule has 0 spiro atoms. The Morgan fingerprint density at radius 2 is 1.81 bits per heavy atom. The molecule has 0 aliphatic carbocycles. The Morgan fingerprint density at radius 3 is 2.29 bits per heavy atom. The van der Waals surface area contributed by atoms with Gasteiger partial charge in [0.1, 0.15) is 5.84 Å². The molecule has 0 fully saturated rings. The highest BCUT2D eigenvalue weighted by molar-refractivity contribution is 6.11. The summed E-state index contributed by atoms with van der Waals surface area (Å²) in [5, 5.41) is 6.45. The lowest BCUT2D eigenvalue weighted by atomic mass is 10.1. The molecule has 2 rings (SSSR count). The summed E-state index contributed by atoms with van der Waals surface area (Å²) < 4.78 is 0. The monoisotopic (exact) mass is 281 g/mol. The summed E-state index contributed by atoms with van der Waals surface area (Å²) in [7, 11) is 1.91. The van der Waals surface area contributed by atoms with Crippen LogP contribution in [0.2, 0.25) is 0 Å². The van der Waals surface area contributed by atoms with E-state index in [9.17, 15) is 0 Å². The second kappa shape index (κ2) is 7.90. The number of allylic oxidation sites excluding steroid dienone is 1. The van der Waals surface area contributed by atoms with Gasteiger partial charge in [-0.3, -0.25) is 0 Å². The van der Waals surface area contributed by atoms with E-state index in [0.717, 1.165) is 28.4 Å². The zero-order valence-corrected chi connectivity index (χ0v) is 13.0. The first-order valence-corrected chi connectivity index (χ1v) is 6.79. The van der Waals surface area contributed by atoms with Crippen LogP contribution in [0.25, 0.3) is 5.70 Å². The van der Waals surface area contributed by atoms with E-state index in [1.807, 2.05) is 7.05 Å². The van der Waals surface area contributed by atoms with Crippen molar-refractivity contribution in [1.29, 1.82) is 0 Å². The molecule has 0 saturated heterocycles. The van der Waals surface area contributed by atoms with Gasteiger partial charge in [-0.2, -0.15) is 0 Å². The molecule has 0 aromatic heterocycles. The maximum absolute atomic E-state index is 4.28. The van der Waals surface area contributed by atoms with E-state index in [0.29, 0.717) is 0 Å². The highest BCUT2D eigenvalue weighted by Gasteiger charge is 2.17. The Morgan fingerprint density at radius 1 is 1.19 bits per heavy atom. The lowest BCUT2D eigenvalue weighted by Gasteiger charge is -2.06. The molecule has 3 nitrogen and oxygen atoms in total. The summed E-state index contributed by atoms with van der Waals surface area (Å²) in [6, 6.07) is 8.29. The molecule has 0 unspecified atom stereocenters. The van der Waals surface area contributed by atoms with Crippen LogP contribution < -0.4 is 10.6 Å². The van der Waals surface area contributed by atoms with Crippen molar-refractivity contribution in [2.75, 3.05) is 12.4 Å². The van der Waals surface area contributed by atoms with Crippen molar-refractivity contribution in [3.8, 4) is 0 Å². The minimum Gasteiger partial charge on any atom is -0.388 e.